The van der Waals surface area contributed by atoms with Crippen molar-refractivity contribution in [2.24, 2.45) is 0 Å². The van der Waals surface area contributed by atoms with Crippen LogP contribution in [0, 0.1) is 0 Å². The second kappa shape index (κ2) is 6.22. The average Bonchev–Trinajstić information content (AvgIpc) is 3.27. The number of hydrogen-bond donors (Lipinski definition) is 3. The lowest BCUT2D eigenvalue weighted by atomic mass is 10.1. The fourth-order valence-electron chi connectivity index (χ4n) is 3.58. The third-order valence-electron chi connectivity index (χ3n) is 4.79. The number of urea groups is 1. The maximum Gasteiger partial charge on any atom is 0.319 e. The molecule has 2 unspecified atom stereocenters. The zero-order valence-electron chi connectivity index (χ0n) is 13.0. The zero-order valence-corrected chi connectivity index (χ0v) is 13.0. The van der Waals surface area contributed by atoms with Crippen LogP contribution < -0.4 is 10.6 Å². The number of aromatic amines is 1. The highest BCUT2D eigenvalue weighted by molar-refractivity contribution is 5.92. The molecule has 2 aromatic rings. The Morgan fingerprint density at radius 1 is 1.22 bits per heavy atom. The SMILES string of the molecule is O=C(Nc1ccc2[nH]ccc2c1)NC1COCC1N1CCCC1. The number of amides is 2. The Morgan fingerprint density at radius 3 is 2.96 bits per heavy atom. The highest BCUT2D eigenvalue weighted by atomic mass is 16.5. The van der Waals surface area contributed by atoms with Crippen molar-refractivity contribution in [2.45, 2.75) is 24.9 Å². The second-order valence-electron chi connectivity index (χ2n) is 6.33. The number of carbonyl (C=O) groups excluding carboxylic acids is 1. The molecule has 0 aliphatic carbocycles. The molecule has 0 saturated carbocycles. The van der Waals surface area contributed by atoms with Crippen LogP contribution in [0.15, 0.2) is 30.5 Å². The van der Waals surface area contributed by atoms with Crippen molar-refractivity contribution in [3.63, 3.8) is 0 Å². The maximum absolute atomic E-state index is 12.3. The van der Waals surface area contributed by atoms with Gasteiger partial charge in [0.25, 0.3) is 0 Å². The summed E-state index contributed by atoms with van der Waals surface area (Å²) in [6.45, 7) is 3.52. The van der Waals surface area contributed by atoms with Gasteiger partial charge in [0.05, 0.1) is 25.3 Å². The first kappa shape index (κ1) is 14.5. The molecule has 6 nitrogen and oxygen atoms in total. The molecule has 0 radical (unpaired) electrons. The van der Waals surface area contributed by atoms with Crippen LogP contribution in [0.3, 0.4) is 0 Å². The molecule has 3 N–H and O–H groups in total. The van der Waals surface area contributed by atoms with Crippen molar-refractivity contribution in [1.29, 1.82) is 0 Å². The van der Waals surface area contributed by atoms with Crippen molar-refractivity contribution in [3.05, 3.63) is 30.5 Å². The summed E-state index contributed by atoms with van der Waals surface area (Å²) in [7, 11) is 0. The lowest BCUT2D eigenvalue weighted by Gasteiger charge is -2.27. The van der Waals surface area contributed by atoms with E-state index in [1.165, 1.54) is 12.8 Å². The lowest BCUT2D eigenvalue weighted by molar-refractivity contribution is 0.159. The van der Waals surface area contributed by atoms with Crippen molar-refractivity contribution in [3.8, 4) is 0 Å². The largest absolute Gasteiger partial charge is 0.378 e. The van der Waals surface area contributed by atoms with Gasteiger partial charge >= 0.3 is 6.03 Å². The van der Waals surface area contributed by atoms with Gasteiger partial charge in [-0.25, -0.2) is 4.79 Å². The Balaban J connectivity index is 1.38. The number of ether oxygens (including phenoxy) is 1. The number of anilines is 1. The van der Waals surface area contributed by atoms with Crippen LogP contribution >= 0.6 is 0 Å². The molecule has 2 saturated heterocycles. The summed E-state index contributed by atoms with van der Waals surface area (Å²) in [5.41, 5.74) is 1.86. The van der Waals surface area contributed by atoms with Crippen molar-refractivity contribution < 1.29 is 9.53 Å². The van der Waals surface area contributed by atoms with Gasteiger partial charge in [0, 0.05) is 22.8 Å². The topological polar surface area (TPSA) is 69.4 Å². The Hall–Kier alpha value is -2.05. The molecular formula is C17H22N4O2. The minimum Gasteiger partial charge on any atom is -0.378 e. The van der Waals surface area contributed by atoms with Crippen LogP contribution in [0.1, 0.15) is 12.8 Å². The predicted octanol–water partition coefficient (Wildman–Crippen LogP) is 2.15. The molecule has 2 aliphatic heterocycles. The normalized spacial score (nSPS) is 25.0. The monoisotopic (exact) mass is 314 g/mol. The number of aromatic nitrogens is 1. The molecule has 2 atom stereocenters. The van der Waals surface area contributed by atoms with E-state index in [1.807, 2.05) is 30.5 Å². The number of hydrogen-bond acceptors (Lipinski definition) is 3. The fourth-order valence-corrected chi connectivity index (χ4v) is 3.58. The minimum absolute atomic E-state index is 0.0593. The molecule has 1 aromatic heterocycles. The van der Waals surface area contributed by atoms with Crippen molar-refractivity contribution in [2.75, 3.05) is 31.6 Å². The first-order chi connectivity index (χ1) is 11.3. The number of likely N-dealkylation sites (tertiary alicyclic amines) is 1. The van der Waals surface area contributed by atoms with E-state index in [0.29, 0.717) is 19.3 Å². The van der Waals surface area contributed by atoms with Gasteiger partial charge in [-0.05, 0) is 50.2 Å². The van der Waals surface area contributed by atoms with E-state index < -0.39 is 0 Å². The van der Waals surface area contributed by atoms with Gasteiger partial charge in [-0.2, -0.15) is 0 Å². The standard InChI is InChI=1S/C17H22N4O2/c22-17(19-13-3-4-14-12(9-13)5-6-18-14)20-15-10-23-11-16(15)21-7-1-2-8-21/h3-6,9,15-16,18H,1-2,7-8,10-11H2,(H2,19,20,22). The molecule has 4 rings (SSSR count). The highest BCUT2D eigenvalue weighted by Crippen LogP contribution is 2.20. The summed E-state index contributed by atoms with van der Waals surface area (Å²) >= 11 is 0. The van der Waals surface area contributed by atoms with Crippen LogP contribution in [0.4, 0.5) is 10.5 Å². The Bertz CT molecular complexity index is 693. The molecule has 3 heterocycles. The van der Waals surface area contributed by atoms with E-state index in [-0.39, 0.29) is 12.1 Å². The number of rotatable bonds is 3. The third-order valence-corrected chi connectivity index (χ3v) is 4.79. The van der Waals surface area contributed by atoms with Crippen LogP contribution in [-0.2, 0) is 4.74 Å². The molecule has 2 fully saturated rings. The van der Waals surface area contributed by atoms with E-state index >= 15 is 0 Å². The summed E-state index contributed by atoms with van der Waals surface area (Å²) in [4.78, 5) is 17.9. The summed E-state index contributed by atoms with van der Waals surface area (Å²) in [6.07, 6.45) is 4.38. The third kappa shape index (κ3) is 3.04. The highest BCUT2D eigenvalue weighted by Gasteiger charge is 2.35. The molecule has 6 heteroatoms. The number of fused-ring (bicyclic) bond motifs is 1. The Labute approximate surface area is 135 Å². The van der Waals surface area contributed by atoms with E-state index in [1.54, 1.807) is 0 Å². The van der Waals surface area contributed by atoms with Gasteiger partial charge in [-0.3, -0.25) is 4.90 Å². The summed E-state index contributed by atoms with van der Waals surface area (Å²) in [5.74, 6) is 0. The summed E-state index contributed by atoms with van der Waals surface area (Å²) in [5, 5.41) is 7.08. The number of carbonyl (C=O) groups is 1. The molecule has 0 spiro atoms. The molecule has 2 aliphatic rings. The molecule has 1 aromatic carbocycles. The number of nitrogens with one attached hydrogen (secondary N) is 3. The minimum atomic E-state index is -0.167. The second-order valence-corrected chi connectivity index (χ2v) is 6.33. The van der Waals surface area contributed by atoms with Crippen LogP contribution in [-0.4, -0.2) is 54.3 Å². The molecule has 2 amide bonds. The van der Waals surface area contributed by atoms with Crippen LogP contribution in [0.2, 0.25) is 0 Å². The summed E-state index contributed by atoms with van der Waals surface area (Å²) < 4.78 is 5.59. The Morgan fingerprint density at radius 2 is 2.09 bits per heavy atom. The maximum atomic E-state index is 12.3. The van der Waals surface area contributed by atoms with E-state index in [0.717, 1.165) is 29.7 Å². The molecule has 23 heavy (non-hydrogen) atoms. The van der Waals surface area contributed by atoms with Gasteiger partial charge in [0.2, 0.25) is 0 Å². The molecular weight excluding hydrogens is 292 g/mol. The van der Waals surface area contributed by atoms with E-state index in [2.05, 4.69) is 20.5 Å². The predicted molar refractivity (Wildman–Crippen MR) is 89.7 cm³/mol. The quantitative estimate of drug-likeness (QED) is 0.813. The first-order valence-electron chi connectivity index (χ1n) is 8.26. The van der Waals surface area contributed by atoms with E-state index in [4.69, 9.17) is 4.74 Å². The van der Waals surface area contributed by atoms with Crippen molar-refractivity contribution in [1.82, 2.24) is 15.2 Å². The number of nitrogens with zero attached hydrogens (tertiary/aromatic N) is 1. The zero-order chi connectivity index (χ0) is 15.6. The fraction of sp³-hybridized carbons (Fsp3) is 0.471. The van der Waals surface area contributed by atoms with Gasteiger partial charge in [-0.1, -0.05) is 0 Å². The van der Waals surface area contributed by atoms with E-state index in [9.17, 15) is 4.79 Å². The van der Waals surface area contributed by atoms with Gasteiger partial charge < -0.3 is 20.4 Å². The van der Waals surface area contributed by atoms with Crippen LogP contribution in [0.5, 0.6) is 0 Å². The van der Waals surface area contributed by atoms with Gasteiger partial charge in [0.1, 0.15) is 0 Å². The number of H-pyrrole nitrogens is 1. The number of benzene rings is 1. The lowest BCUT2D eigenvalue weighted by Crippen LogP contribution is -2.51. The van der Waals surface area contributed by atoms with Crippen molar-refractivity contribution >= 4 is 22.6 Å². The van der Waals surface area contributed by atoms with Gasteiger partial charge in [0.15, 0.2) is 0 Å². The summed E-state index contributed by atoms with van der Waals surface area (Å²) in [6, 6.07) is 8.03. The average molecular weight is 314 g/mol. The molecule has 0 bridgehead atoms. The first-order valence-corrected chi connectivity index (χ1v) is 8.26. The van der Waals surface area contributed by atoms with Crippen LogP contribution in [0.25, 0.3) is 10.9 Å². The smallest absolute Gasteiger partial charge is 0.319 e. The van der Waals surface area contributed by atoms with Gasteiger partial charge in [-0.15, -0.1) is 0 Å². The molecule has 122 valence electrons. The Kier molecular flexibility index (Phi) is 3.93.